The van der Waals surface area contributed by atoms with Crippen LogP contribution in [0.3, 0.4) is 0 Å². The molecular formula is C23H26ClFN4O3. The summed E-state index contributed by atoms with van der Waals surface area (Å²) in [4.78, 5) is 14.2. The van der Waals surface area contributed by atoms with E-state index in [2.05, 4.69) is 10.4 Å². The minimum absolute atomic E-state index is 0.222. The third-order valence-corrected chi connectivity index (χ3v) is 5.00. The first-order valence-corrected chi connectivity index (χ1v) is 10.6. The number of aromatic nitrogens is 2. The number of amides is 2. The largest absolute Gasteiger partial charge is 0.438 e. The van der Waals surface area contributed by atoms with Gasteiger partial charge in [0.05, 0.1) is 30.1 Å². The highest BCUT2D eigenvalue weighted by atomic mass is 35.5. The van der Waals surface area contributed by atoms with Gasteiger partial charge in [-0.3, -0.25) is 0 Å². The van der Waals surface area contributed by atoms with E-state index in [1.165, 1.54) is 12.1 Å². The Hall–Kier alpha value is -3.10. The van der Waals surface area contributed by atoms with Crippen molar-refractivity contribution in [2.24, 2.45) is 0 Å². The van der Waals surface area contributed by atoms with Crippen LogP contribution in [0.2, 0.25) is 5.02 Å². The van der Waals surface area contributed by atoms with E-state index in [4.69, 9.17) is 21.1 Å². The molecule has 0 unspecified atom stereocenters. The SMILES string of the molecule is CCNC(=O)N(CCOC)Cc1c(C)nn(-c2ccc(Cl)cc2)c1Oc1cccc(F)c1. The monoisotopic (exact) mass is 460 g/mol. The second-order valence-corrected chi connectivity index (χ2v) is 7.50. The van der Waals surface area contributed by atoms with Crippen LogP contribution in [0.5, 0.6) is 11.6 Å². The van der Waals surface area contributed by atoms with Crippen LogP contribution >= 0.6 is 11.6 Å². The van der Waals surface area contributed by atoms with Gasteiger partial charge in [-0.1, -0.05) is 17.7 Å². The van der Waals surface area contributed by atoms with E-state index in [0.29, 0.717) is 47.6 Å². The maximum absolute atomic E-state index is 13.8. The van der Waals surface area contributed by atoms with Crippen molar-refractivity contribution in [3.63, 3.8) is 0 Å². The van der Waals surface area contributed by atoms with Gasteiger partial charge in [-0.2, -0.15) is 5.10 Å². The molecule has 0 saturated heterocycles. The summed E-state index contributed by atoms with van der Waals surface area (Å²) < 4.78 is 26.7. The van der Waals surface area contributed by atoms with Gasteiger partial charge in [0.1, 0.15) is 11.6 Å². The number of hydrogen-bond donors (Lipinski definition) is 1. The number of methoxy groups -OCH3 is 1. The number of carbonyl (C=O) groups is 1. The molecule has 1 heterocycles. The van der Waals surface area contributed by atoms with E-state index in [9.17, 15) is 9.18 Å². The fraction of sp³-hybridized carbons (Fsp3) is 0.304. The van der Waals surface area contributed by atoms with E-state index in [-0.39, 0.29) is 12.6 Å². The molecule has 0 atom stereocenters. The smallest absolute Gasteiger partial charge is 0.317 e. The molecule has 0 radical (unpaired) electrons. The number of urea groups is 1. The number of carbonyl (C=O) groups excluding carboxylic acids is 1. The number of ether oxygens (including phenoxy) is 2. The van der Waals surface area contributed by atoms with Crippen LogP contribution < -0.4 is 10.1 Å². The lowest BCUT2D eigenvalue weighted by atomic mass is 10.2. The van der Waals surface area contributed by atoms with E-state index >= 15 is 0 Å². The Bertz CT molecular complexity index is 1060. The van der Waals surface area contributed by atoms with Crippen molar-refractivity contribution in [1.82, 2.24) is 20.0 Å². The number of halogens is 2. The molecule has 0 fully saturated rings. The first kappa shape index (κ1) is 23.6. The topological polar surface area (TPSA) is 68.6 Å². The summed E-state index contributed by atoms with van der Waals surface area (Å²) in [6, 6.07) is 12.8. The molecule has 0 aliphatic rings. The molecule has 1 N–H and O–H groups in total. The quantitative estimate of drug-likeness (QED) is 0.491. The van der Waals surface area contributed by atoms with Crippen molar-refractivity contribution in [3.8, 4) is 17.3 Å². The number of rotatable bonds is 9. The number of hydrogen-bond acceptors (Lipinski definition) is 4. The van der Waals surface area contributed by atoms with Gasteiger partial charge in [-0.05, 0) is 50.2 Å². The zero-order valence-electron chi connectivity index (χ0n) is 18.3. The first-order valence-electron chi connectivity index (χ1n) is 10.2. The number of nitrogens with zero attached hydrogens (tertiary/aromatic N) is 3. The molecule has 3 rings (SSSR count). The van der Waals surface area contributed by atoms with Crippen LogP contribution in [0.1, 0.15) is 18.2 Å². The summed E-state index contributed by atoms with van der Waals surface area (Å²) in [5.41, 5.74) is 2.10. The van der Waals surface area contributed by atoms with Crippen molar-refractivity contribution < 1.29 is 18.7 Å². The predicted octanol–water partition coefficient (Wildman–Crippen LogP) is 4.94. The Kier molecular flexibility index (Phi) is 8.08. The van der Waals surface area contributed by atoms with Crippen LogP contribution in [-0.4, -0.2) is 47.5 Å². The highest BCUT2D eigenvalue weighted by molar-refractivity contribution is 6.30. The number of nitrogens with one attached hydrogen (secondary N) is 1. The third kappa shape index (κ3) is 5.77. The second-order valence-electron chi connectivity index (χ2n) is 7.07. The minimum Gasteiger partial charge on any atom is -0.438 e. The van der Waals surface area contributed by atoms with Crippen LogP contribution in [0.4, 0.5) is 9.18 Å². The van der Waals surface area contributed by atoms with E-state index in [1.54, 1.807) is 41.0 Å². The fourth-order valence-electron chi connectivity index (χ4n) is 3.13. The summed E-state index contributed by atoms with van der Waals surface area (Å²) in [5.74, 6) is 0.298. The molecule has 0 spiro atoms. The lowest BCUT2D eigenvalue weighted by molar-refractivity contribution is 0.146. The summed E-state index contributed by atoms with van der Waals surface area (Å²) in [5, 5.41) is 8.04. The highest BCUT2D eigenvalue weighted by Crippen LogP contribution is 2.32. The first-order chi connectivity index (χ1) is 15.4. The lowest BCUT2D eigenvalue weighted by Gasteiger charge is -2.23. The number of benzene rings is 2. The van der Waals surface area contributed by atoms with Crippen molar-refractivity contribution >= 4 is 17.6 Å². The zero-order chi connectivity index (χ0) is 23.1. The average molecular weight is 461 g/mol. The molecule has 9 heteroatoms. The van der Waals surface area contributed by atoms with Crippen molar-refractivity contribution in [2.45, 2.75) is 20.4 Å². The number of aryl methyl sites for hydroxylation is 1. The fourth-order valence-corrected chi connectivity index (χ4v) is 3.26. The second kappa shape index (κ2) is 11.0. The van der Waals surface area contributed by atoms with Crippen molar-refractivity contribution in [3.05, 3.63) is 70.6 Å². The zero-order valence-corrected chi connectivity index (χ0v) is 19.0. The molecule has 2 amide bonds. The maximum Gasteiger partial charge on any atom is 0.317 e. The molecule has 1 aromatic heterocycles. The highest BCUT2D eigenvalue weighted by Gasteiger charge is 2.23. The molecule has 32 heavy (non-hydrogen) atoms. The Morgan fingerprint density at radius 2 is 2.00 bits per heavy atom. The minimum atomic E-state index is -0.414. The van der Waals surface area contributed by atoms with E-state index < -0.39 is 5.82 Å². The summed E-state index contributed by atoms with van der Waals surface area (Å²) in [7, 11) is 1.58. The Labute approximate surface area is 191 Å². The molecule has 7 nitrogen and oxygen atoms in total. The van der Waals surface area contributed by atoms with E-state index in [1.807, 2.05) is 26.0 Å². The van der Waals surface area contributed by atoms with E-state index in [0.717, 1.165) is 5.69 Å². The van der Waals surface area contributed by atoms with Crippen LogP contribution in [0, 0.1) is 12.7 Å². The van der Waals surface area contributed by atoms with Gasteiger partial charge in [0.2, 0.25) is 5.88 Å². The van der Waals surface area contributed by atoms with Crippen LogP contribution in [-0.2, 0) is 11.3 Å². The normalized spacial score (nSPS) is 10.8. The van der Waals surface area contributed by atoms with Crippen molar-refractivity contribution in [2.75, 3.05) is 26.8 Å². The van der Waals surface area contributed by atoms with Gasteiger partial charge < -0.3 is 19.7 Å². The van der Waals surface area contributed by atoms with Gasteiger partial charge in [-0.15, -0.1) is 0 Å². The van der Waals surface area contributed by atoms with Gasteiger partial charge in [0.15, 0.2) is 0 Å². The standard InChI is InChI=1S/C23H26ClFN4O3/c1-4-26-23(30)28(12-13-31-3)15-21-16(2)27-29(19-10-8-17(24)9-11-19)22(21)32-20-7-5-6-18(25)14-20/h5-11,14H,4,12-13,15H2,1-3H3,(H,26,30). The lowest BCUT2D eigenvalue weighted by Crippen LogP contribution is -2.41. The molecular weight excluding hydrogens is 435 g/mol. The van der Waals surface area contributed by atoms with Gasteiger partial charge in [0.25, 0.3) is 0 Å². The summed E-state index contributed by atoms with van der Waals surface area (Å²) in [6.07, 6.45) is 0. The predicted molar refractivity (Wildman–Crippen MR) is 121 cm³/mol. The van der Waals surface area contributed by atoms with Crippen LogP contribution in [0.15, 0.2) is 48.5 Å². The van der Waals surface area contributed by atoms with Gasteiger partial charge in [-0.25, -0.2) is 13.9 Å². The molecule has 2 aromatic carbocycles. The average Bonchev–Trinajstić information content (AvgIpc) is 3.06. The molecule has 3 aromatic rings. The summed E-state index contributed by atoms with van der Waals surface area (Å²) in [6.45, 7) is 5.19. The van der Waals surface area contributed by atoms with Gasteiger partial charge in [0, 0.05) is 31.3 Å². The Balaban J connectivity index is 2.05. The maximum atomic E-state index is 13.8. The Morgan fingerprint density at radius 1 is 1.25 bits per heavy atom. The Morgan fingerprint density at radius 3 is 2.66 bits per heavy atom. The molecule has 0 saturated carbocycles. The van der Waals surface area contributed by atoms with Gasteiger partial charge >= 0.3 is 6.03 Å². The van der Waals surface area contributed by atoms with Crippen LogP contribution in [0.25, 0.3) is 5.69 Å². The summed E-state index contributed by atoms with van der Waals surface area (Å²) >= 11 is 6.04. The molecule has 0 aliphatic heterocycles. The molecule has 170 valence electrons. The van der Waals surface area contributed by atoms with Crippen molar-refractivity contribution in [1.29, 1.82) is 0 Å². The molecule has 0 aliphatic carbocycles. The third-order valence-electron chi connectivity index (χ3n) is 4.75. The molecule has 0 bridgehead atoms.